The summed E-state index contributed by atoms with van der Waals surface area (Å²) in [7, 11) is 3.22. The fraction of sp³-hybridized carbons (Fsp3) is 0.171. The van der Waals surface area contributed by atoms with E-state index in [1.807, 2.05) is 84.9 Å². The molecule has 5 aromatic carbocycles. The van der Waals surface area contributed by atoms with Gasteiger partial charge in [-0.05, 0) is 71.5 Å². The Morgan fingerprint density at radius 1 is 0.500 bits per heavy atom. The fourth-order valence-electron chi connectivity index (χ4n) is 4.81. The maximum atomic E-state index is 12.0. The zero-order chi connectivity index (χ0) is 34.5. The summed E-state index contributed by atoms with van der Waals surface area (Å²) >= 11 is 0. The van der Waals surface area contributed by atoms with Gasteiger partial charge in [0.2, 0.25) is 0 Å². The summed E-state index contributed by atoms with van der Waals surface area (Å²) in [5.74, 6) is 0.635. The molecule has 0 heterocycles. The Morgan fingerprint density at radius 2 is 0.875 bits per heavy atom. The molecule has 244 valence electrons. The molecule has 0 aliphatic carbocycles. The van der Waals surface area contributed by atoms with Crippen LogP contribution in [0.25, 0.3) is 33.4 Å². The van der Waals surface area contributed by atoms with Gasteiger partial charge in [-0.15, -0.1) is 0 Å². The maximum absolute atomic E-state index is 12.0. The number of carbonyl (C=O) groups excluding carboxylic acids is 4. The SMILES string of the molecule is COCCC(=O)c1ccc(-c2ccc(-c3ccc(C(C)=O)cc3)cc2)cc1.COc1ccc(-c2ccc(OC(=O)CC(C)=O)cc2)cc1. The lowest BCUT2D eigenvalue weighted by atomic mass is 9.98. The number of carbonyl (C=O) groups is 4. The van der Waals surface area contributed by atoms with Gasteiger partial charge in [0.25, 0.3) is 0 Å². The van der Waals surface area contributed by atoms with Crippen LogP contribution in [0.4, 0.5) is 0 Å². The Morgan fingerprint density at radius 3 is 1.25 bits per heavy atom. The predicted molar refractivity (Wildman–Crippen MR) is 188 cm³/mol. The minimum absolute atomic E-state index is 0.0704. The van der Waals surface area contributed by atoms with Gasteiger partial charge in [0.15, 0.2) is 11.6 Å². The summed E-state index contributed by atoms with van der Waals surface area (Å²) in [5.41, 5.74) is 7.80. The zero-order valence-corrected chi connectivity index (χ0v) is 27.5. The lowest BCUT2D eigenvalue weighted by Gasteiger charge is -2.07. The van der Waals surface area contributed by atoms with Gasteiger partial charge in [-0.25, -0.2) is 0 Å². The standard InChI is InChI=1S/C24H22O3.C17H16O4/c1-17(25)18-3-5-19(6-4-18)20-7-9-21(10-8-20)22-11-13-23(14-12-22)24(26)15-16-27-2;1-12(18)11-17(19)21-16-9-5-14(6-10-16)13-3-7-15(20-2)8-4-13/h3-14H,15-16H2,1-2H3;3-10H,11H2,1-2H3. The summed E-state index contributed by atoms with van der Waals surface area (Å²) in [6, 6.07) is 38.4. The molecule has 0 atom stereocenters. The van der Waals surface area contributed by atoms with Gasteiger partial charge in [-0.2, -0.15) is 0 Å². The van der Waals surface area contributed by atoms with Crippen molar-refractivity contribution < 1.29 is 33.4 Å². The van der Waals surface area contributed by atoms with E-state index in [-0.39, 0.29) is 23.8 Å². The van der Waals surface area contributed by atoms with Crippen LogP contribution >= 0.6 is 0 Å². The van der Waals surface area contributed by atoms with Crippen molar-refractivity contribution in [1.29, 1.82) is 0 Å². The van der Waals surface area contributed by atoms with Crippen molar-refractivity contribution in [3.05, 3.63) is 132 Å². The third-order valence-corrected chi connectivity index (χ3v) is 7.49. The van der Waals surface area contributed by atoms with E-state index in [0.717, 1.165) is 44.7 Å². The Bertz CT molecular complexity index is 1820. The smallest absolute Gasteiger partial charge is 0.318 e. The molecule has 0 aromatic heterocycles. The number of Topliss-reactive ketones (excluding diaryl/α,β-unsaturated/α-hetero) is 3. The van der Waals surface area contributed by atoms with E-state index in [1.165, 1.54) is 6.92 Å². The van der Waals surface area contributed by atoms with E-state index in [9.17, 15) is 19.2 Å². The molecule has 0 unspecified atom stereocenters. The van der Waals surface area contributed by atoms with E-state index in [2.05, 4.69) is 24.3 Å². The zero-order valence-electron chi connectivity index (χ0n) is 27.5. The molecule has 48 heavy (non-hydrogen) atoms. The molecular formula is C41H38O7. The van der Waals surface area contributed by atoms with Crippen LogP contribution in [-0.4, -0.2) is 44.1 Å². The fourth-order valence-corrected chi connectivity index (χ4v) is 4.81. The van der Waals surface area contributed by atoms with Crippen LogP contribution in [0, 0.1) is 0 Å². The largest absolute Gasteiger partial charge is 0.497 e. The van der Waals surface area contributed by atoms with E-state index in [4.69, 9.17) is 14.2 Å². The van der Waals surface area contributed by atoms with E-state index in [1.54, 1.807) is 33.3 Å². The average molecular weight is 643 g/mol. The van der Waals surface area contributed by atoms with Crippen molar-refractivity contribution in [3.8, 4) is 44.9 Å². The summed E-state index contributed by atoms with van der Waals surface area (Å²) in [4.78, 5) is 45.6. The highest BCUT2D eigenvalue weighted by atomic mass is 16.5. The Labute approximate surface area is 281 Å². The van der Waals surface area contributed by atoms with Gasteiger partial charge < -0.3 is 14.2 Å². The van der Waals surface area contributed by atoms with Crippen LogP contribution in [0.15, 0.2) is 121 Å². The molecule has 5 aromatic rings. The van der Waals surface area contributed by atoms with Gasteiger partial charge >= 0.3 is 5.97 Å². The quantitative estimate of drug-likeness (QED) is 0.0581. The molecule has 7 nitrogen and oxygen atoms in total. The summed E-state index contributed by atoms with van der Waals surface area (Å²) in [5, 5.41) is 0. The molecular weight excluding hydrogens is 604 g/mol. The minimum Gasteiger partial charge on any atom is -0.497 e. The van der Waals surface area contributed by atoms with Crippen LogP contribution in [0.5, 0.6) is 11.5 Å². The Hall–Kier alpha value is -5.66. The molecule has 0 fully saturated rings. The van der Waals surface area contributed by atoms with Crippen molar-refractivity contribution in [2.45, 2.75) is 26.7 Å². The summed E-state index contributed by atoms with van der Waals surface area (Å²) < 4.78 is 15.1. The molecule has 0 amide bonds. The molecule has 0 saturated carbocycles. The van der Waals surface area contributed by atoms with Gasteiger partial charge in [0.05, 0.1) is 13.7 Å². The number of hydrogen-bond donors (Lipinski definition) is 0. The highest BCUT2D eigenvalue weighted by Gasteiger charge is 2.09. The highest BCUT2D eigenvalue weighted by Crippen LogP contribution is 2.27. The molecule has 5 rings (SSSR count). The number of esters is 1. The lowest BCUT2D eigenvalue weighted by molar-refractivity contribution is -0.137. The number of benzene rings is 5. The molecule has 0 aliphatic rings. The first-order valence-electron chi connectivity index (χ1n) is 15.5. The molecule has 0 radical (unpaired) electrons. The van der Waals surface area contributed by atoms with Crippen molar-refractivity contribution >= 4 is 23.3 Å². The first-order chi connectivity index (χ1) is 23.2. The molecule has 0 aliphatic heterocycles. The minimum atomic E-state index is -0.542. The van der Waals surface area contributed by atoms with Gasteiger partial charge in [0.1, 0.15) is 23.7 Å². The number of ketones is 3. The second-order valence-electron chi connectivity index (χ2n) is 11.1. The Balaban J connectivity index is 0.000000224. The van der Waals surface area contributed by atoms with Crippen LogP contribution in [-0.2, 0) is 14.3 Å². The normalized spacial score (nSPS) is 10.3. The summed E-state index contributed by atoms with van der Waals surface area (Å²) in [6.45, 7) is 3.36. The molecule has 0 bridgehead atoms. The van der Waals surface area contributed by atoms with Crippen molar-refractivity contribution in [2.75, 3.05) is 20.8 Å². The first kappa shape index (κ1) is 35.2. The topological polar surface area (TPSA) is 96.0 Å². The average Bonchev–Trinajstić information content (AvgIpc) is 3.11. The molecule has 7 heteroatoms. The van der Waals surface area contributed by atoms with Crippen LogP contribution in [0.3, 0.4) is 0 Å². The second kappa shape index (κ2) is 17.3. The van der Waals surface area contributed by atoms with Crippen LogP contribution in [0.2, 0.25) is 0 Å². The van der Waals surface area contributed by atoms with E-state index in [0.29, 0.717) is 24.3 Å². The molecule has 0 N–H and O–H groups in total. The second-order valence-corrected chi connectivity index (χ2v) is 11.1. The van der Waals surface area contributed by atoms with Gasteiger partial charge in [-0.3, -0.25) is 19.2 Å². The van der Waals surface area contributed by atoms with Crippen molar-refractivity contribution in [3.63, 3.8) is 0 Å². The van der Waals surface area contributed by atoms with Crippen molar-refractivity contribution in [1.82, 2.24) is 0 Å². The van der Waals surface area contributed by atoms with Crippen LogP contribution < -0.4 is 9.47 Å². The van der Waals surface area contributed by atoms with Gasteiger partial charge in [-0.1, -0.05) is 97.1 Å². The van der Waals surface area contributed by atoms with E-state index >= 15 is 0 Å². The molecule has 0 saturated heterocycles. The van der Waals surface area contributed by atoms with Gasteiger partial charge in [0, 0.05) is 24.7 Å². The number of hydrogen-bond acceptors (Lipinski definition) is 7. The number of methoxy groups -OCH3 is 2. The van der Waals surface area contributed by atoms with Crippen molar-refractivity contribution in [2.24, 2.45) is 0 Å². The monoisotopic (exact) mass is 642 g/mol. The first-order valence-corrected chi connectivity index (χ1v) is 15.5. The lowest BCUT2D eigenvalue weighted by Crippen LogP contribution is -2.11. The maximum Gasteiger partial charge on any atom is 0.318 e. The highest BCUT2D eigenvalue weighted by molar-refractivity contribution is 5.97. The van der Waals surface area contributed by atoms with E-state index < -0.39 is 5.97 Å². The van der Waals surface area contributed by atoms with Crippen LogP contribution in [0.1, 0.15) is 47.4 Å². The Kier molecular flexibility index (Phi) is 12.7. The molecule has 0 spiro atoms. The third-order valence-electron chi connectivity index (χ3n) is 7.49. The number of ether oxygens (including phenoxy) is 3. The summed E-state index contributed by atoms with van der Waals surface area (Å²) in [6.07, 6.45) is 0.188. The third kappa shape index (κ3) is 10.2. The number of rotatable bonds is 12. The predicted octanol–water partition coefficient (Wildman–Crippen LogP) is 8.69.